The van der Waals surface area contributed by atoms with Crippen molar-refractivity contribution in [3.8, 4) is 28.6 Å². The lowest BCUT2D eigenvalue weighted by atomic mass is 10.1. The quantitative estimate of drug-likeness (QED) is 0.398. The van der Waals surface area contributed by atoms with Crippen LogP contribution in [0.3, 0.4) is 0 Å². The molecule has 0 fully saturated rings. The summed E-state index contributed by atoms with van der Waals surface area (Å²) in [4.78, 5) is 13.5. The van der Waals surface area contributed by atoms with Crippen LogP contribution in [0.1, 0.15) is 5.56 Å². The van der Waals surface area contributed by atoms with Crippen LogP contribution in [-0.4, -0.2) is 40.5 Å². The first-order valence-corrected chi connectivity index (χ1v) is 10.4. The van der Waals surface area contributed by atoms with Crippen molar-refractivity contribution in [2.24, 2.45) is 0 Å². The zero-order valence-electron chi connectivity index (χ0n) is 18.5. The van der Waals surface area contributed by atoms with Gasteiger partial charge in [-0.15, -0.1) is 10.2 Å². The van der Waals surface area contributed by atoms with E-state index in [9.17, 15) is 4.79 Å². The van der Waals surface area contributed by atoms with Gasteiger partial charge in [0.15, 0.2) is 17.3 Å². The molecule has 2 aromatic heterocycles. The van der Waals surface area contributed by atoms with E-state index in [1.807, 2.05) is 71.1 Å². The lowest BCUT2D eigenvalue weighted by Crippen LogP contribution is -2.24. The van der Waals surface area contributed by atoms with Crippen molar-refractivity contribution in [3.05, 3.63) is 82.6 Å². The van der Waals surface area contributed by atoms with Gasteiger partial charge in [-0.2, -0.15) is 0 Å². The molecule has 166 valence electrons. The standard InChI is InChI=1S/C25H22N4O4/c1-31-17-13-11-16(12-14-17)15-28-24(30)18-7-4-5-9-20(18)29-23(26-27-25(28)29)19-8-6-10-21(32-2)22(19)33-3/h4-14H,15H2,1-3H3. The van der Waals surface area contributed by atoms with E-state index in [0.29, 0.717) is 46.1 Å². The van der Waals surface area contributed by atoms with Crippen LogP contribution in [0.2, 0.25) is 0 Å². The Labute approximate surface area is 189 Å². The first-order chi connectivity index (χ1) is 16.2. The fraction of sp³-hybridized carbons (Fsp3) is 0.160. The largest absolute Gasteiger partial charge is 0.497 e. The Kier molecular flexibility index (Phi) is 5.18. The van der Waals surface area contributed by atoms with Gasteiger partial charge >= 0.3 is 0 Å². The Morgan fingerprint density at radius 1 is 0.818 bits per heavy atom. The molecule has 0 saturated heterocycles. The van der Waals surface area contributed by atoms with Gasteiger partial charge < -0.3 is 14.2 Å². The fourth-order valence-electron chi connectivity index (χ4n) is 4.05. The maximum Gasteiger partial charge on any atom is 0.263 e. The third-order valence-corrected chi connectivity index (χ3v) is 5.65. The van der Waals surface area contributed by atoms with Gasteiger partial charge in [-0.3, -0.25) is 13.8 Å². The van der Waals surface area contributed by atoms with Crippen LogP contribution in [0.15, 0.2) is 71.5 Å². The van der Waals surface area contributed by atoms with E-state index >= 15 is 0 Å². The summed E-state index contributed by atoms with van der Waals surface area (Å²) in [5.74, 6) is 2.88. The van der Waals surface area contributed by atoms with Crippen molar-refractivity contribution in [2.45, 2.75) is 6.54 Å². The first-order valence-electron chi connectivity index (χ1n) is 10.4. The van der Waals surface area contributed by atoms with Gasteiger partial charge in [-0.25, -0.2) is 0 Å². The first kappa shape index (κ1) is 20.6. The summed E-state index contributed by atoms with van der Waals surface area (Å²) >= 11 is 0. The number of para-hydroxylation sites is 2. The third-order valence-electron chi connectivity index (χ3n) is 5.65. The Morgan fingerprint density at radius 2 is 1.61 bits per heavy atom. The molecule has 0 saturated carbocycles. The van der Waals surface area contributed by atoms with Crippen molar-refractivity contribution in [1.29, 1.82) is 0 Å². The lowest BCUT2D eigenvalue weighted by molar-refractivity contribution is 0.356. The molecule has 0 spiro atoms. The van der Waals surface area contributed by atoms with Crippen molar-refractivity contribution in [3.63, 3.8) is 0 Å². The molecule has 5 rings (SSSR count). The Bertz CT molecular complexity index is 1520. The highest BCUT2D eigenvalue weighted by molar-refractivity contribution is 5.83. The summed E-state index contributed by atoms with van der Waals surface area (Å²) in [6, 6.07) is 20.6. The van der Waals surface area contributed by atoms with E-state index in [1.165, 1.54) is 0 Å². The molecule has 0 amide bonds. The van der Waals surface area contributed by atoms with E-state index in [-0.39, 0.29) is 5.56 Å². The third kappa shape index (κ3) is 3.36. The van der Waals surface area contributed by atoms with Gasteiger partial charge in [0.2, 0.25) is 5.78 Å². The van der Waals surface area contributed by atoms with Gasteiger partial charge in [0, 0.05) is 0 Å². The summed E-state index contributed by atoms with van der Waals surface area (Å²) in [5.41, 5.74) is 2.24. The van der Waals surface area contributed by atoms with Gasteiger partial charge in [0.25, 0.3) is 5.56 Å². The van der Waals surface area contributed by atoms with E-state index in [2.05, 4.69) is 10.2 Å². The predicted octanol–water partition coefficient (Wildman–Crippen LogP) is 3.79. The van der Waals surface area contributed by atoms with Crippen molar-refractivity contribution < 1.29 is 14.2 Å². The lowest BCUT2D eigenvalue weighted by Gasteiger charge is -2.14. The van der Waals surface area contributed by atoms with Gasteiger partial charge in [-0.05, 0) is 42.0 Å². The van der Waals surface area contributed by atoms with Crippen LogP contribution in [-0.2, 0) is 6.54 Å². The van der Waals surface area contributed by atoms with Crippen LogP contribution in [0.4, 0.5) is 0 Å². The maximum atomic E-state index is 13.5. The number of hydrogen-bond donors (Lipinski definition) is 0. The molecular formula is C25H22N4O4. The molecular weight excluding hydrogens is 420 g/mol. The average molecular weight is 442 g/mol. The van der Waals surface area contributed by atoms with Crippen molar-refractivity contribution in [2.75, 3.05) is 21.3 Å². The maximum absolute atomic E-state index is 13.5. The molecule has 3 aromatic carbocycles. The molecule has 0 aliphatic carbocycles. The molecule has 0 aliphatic rings. The number of ether oxygens (including phenoxy) is 3. The molecule has 8 nitrogen and oxygen atoms in total. The summed E-state index contributed by atoms with van der Waals surface area (Å²) in [5, 5.41) is 9.46. The summed E-state index contributed by atoms with van der Waals surface area (Å²) in [7, 11) is 4.80. The van der Waals surface area contributed by atoms with Gasteiger partial charge in [0.05, 0.1) is 44.3 Å². The molecule has 8 heteroatoms. The molecule has 2 heterocycles. The van der Waals surface area contributed by atoms with E-state index < -0.39 is 0 Å². The SMILES string of the molecule is COc1ccc(Cn2c(=O)c3ccccc3n3c(-c4cccc(OC)c4OC)nnc23)cc1. The number of methoxy groups -OCH3 is 3. The van der Waals surface area contributed by atoms with E-state index in [0.717, 1.165) is 11.3 Å². The molecule has 0 radical (unpaired) electrons. The fourth-order valence-corrected chi connectivity index (χ4v) is 4.05. The smallest absolute Gasteiger partial charge is 0.263 e. The second-order valence-electron chi connectivity index (χ2n) is 7.46. The van der Waals surface area contributed by atoms with Crippen LogP contribution >= 0.6 is 0 Å². The molecule has 33 heavy (non-hydrogen) atoms. The van der Waals surface area contributed by atoms with Crippen LogP contribution < -0.4 is 19.8 Å². The Balaban J connectivity index is 1.79. The Morgan fingerprint density at radius 3 is 2.33 bits per heavy atom. The topological polar surface area (TPSA) is 79.9 Å². The number of hydrogen-bond acceptors (Lipinski definition) is 6. The number of benzene rings is 3. The second kappa shape index (κ2) is 8.31. The van der Waals surface area contributed by atoms with Crippen molar-refractivity contribution in [1.82, 2.24) is 19.2 Å². The number of rotatable bonds is 6. The highest BCUT2D eigenvalue weighted by Gasteiger charge is 2.21. The highest BCUT2D eigenvalue weighted by atomic mass is 16.5. The van der Waals surface area contributed by atoms with Gasteiger partial charge in [0.1, 0.15) is 5.75 Å². The van der Waals surface area contributed by atoms with Gasteiger partial charge in [-0.1, -0.05) is 30.3 Å². The highest BCUT2D eigenvalue weighted by Crippen LogP contribution is 2.37. The molecule has 0 atom stereocenters. The minimum Gasteiger partial charge on any atom is -0.497 e. The normalized spacial score (nSPS) is 11.1. The zero-order valence-corrected chi connectivity index (χ0v) is 18.5. The van der Waals surface area contributed by atoms with E-state index in [1.54, 1.807) is 25.9 Å². The van der Waals surface area contributed by atoms with E-state index in [4.69, 9.17) is 14.2 Å². The average Bonchev–Trinajstić information content (AvgIpc) is 3.31. The number of nitrogens with zero attached hydrogens (tertiary/aromatic N) is 4. The summed E-state index contributed by atoms with van der Waals surface area (Å²) in [6.45, 7) is 0.338. The zero-order chi connectivity index (χ0) is 22.9. The molecule has 0 aliphatic heterocycles. The minimum atomic E-state index is -0.134. The summed E-state index contributed by atoms with van der Waals surface area (Å²) in [6.07, 6.45) is 0. The molecule has 5 aromatic rings. The van der Waals surface area contributed by atoms with Crippen LogP contribution in [0, 0.1) is 0 Å². The second-order valence-corrected chi connectivity index (χ2v) is 7.46. The summed E-state index contributed by atoms with van der Waals surface area (Å²) < 4.78 is 19.9. The molecule has 0 bridgehead atoms. The monoisotopic (exact) mass is 442 g/mol. The molecule has 0 unspecified atom stereocenters. The number of aromatic nitrogens is 4. The van der Waals surface area contributed by atoms with Crippen molar-refractivity contribution >= 4 is 16.7 Å². The predicted molar refractivity (Wildman–Crippen MR) is 125 cm³/mol. The van der Waals surface area contributed by atoms with Crippen LogP contribution in [0.5, 0.6) is 17.2 Å². The van der Waals surface area contributed by atoms with Crippen LogP contribution in [0.25, 0.3) is 28.1 Å². The minimum absolute atomic E-state index is 0.134. The Hall–Kier alpha value is -4.33. The molecule has 0 N–H and O–H groups in total. The number of fused-ring (bicyclic) bond motifs is 3.